The molecule has 0 aromatic heterocycles. The molecule has 1 aromatic rings. The summed E-state index contributed by atoms with van der Waals surface area (Å²) in [6, 6.07) is 2.03. The standard InChI is InChI=1S/C9H8F2O2/c1-2-6(12)5-3-4-7(13)9(11)8(5)10/h3-4,13H,2H2,1H3. The first-order chi connectivity index (χ1) is 6.07. The molecule has 13 heavy (non-hydrogen) atoms. The maximum absolute atomic E-state index is 12.9. The quantitative estimate of drug-likeness (QED) is 0.719. The lowest BCUT2D eigenvalue weighted by Gasteiger charge is -2.02. The molecule has 0 amide bonds. The van der Waals surface area contributed by atoms with Crippen LogP contribution in [0.15, 0.2) is 12.1 Å². The van der Waals surface area contributed by atoms with Gasteiger partial charge in [-0.3, -0.25) is 4.79 Å². The van der Waals surface area contributed by atoms with Crippen molar-refractivity contribution >= 4 is 5.78 Å². The number of Topliss-reactive ketones (excluding diaryl/α,β-unsaturated/α-hetero) is 1. The molecule has 0 spiro atoms. The Kier molecular flexibility index (Phi) is 2.60. The fraction of sp³-hybridized carbons (Fsp3) is 0.222. The van der Waals surface area contributed by atoms with Gasteiger partial charge in [0.15, 0.2) is 17.3 Å². The van der Waals surface area contributed by atoms with Crippen LogP contribution in [-0.2, 0) is 0 Å². The molecule has 0 atom stereocenters. The normalized spacial score (nSPS) is 10.1. The number of hydrogen-bond donors (Lipinski definition) is 1. The topological polar surface area (TPSA) is 37.3 Å². The molecule has 2 nitrogen and oxygen atoms in total. The molecule has 1 aromatic carbocycles. The van der Waals surface area contributed by atoms with Crippen LogP contribution >= 0.6 is 0 Å². The Balaban J connectivity index is 3.26. The van der Waals surface area contributed by atoms with Gasteiger partial charge in [-0.1, -0.05) is 6.92 Å². The molecule has 0 fully saturated rings. The Morgan fingerprint density at radius 3 is 2.54 bits per heavy atom. The van der Waals surface area contributed by atoms with Crippen LogP contribution in [0.2, 0.25) is 0 Å². The van der Waals surface area contributed by atoms with Crippen molar-refractivity contribution in [3.63, 3.8) is 0 Å². The molecular formula is C9H8F2O2. The summed E-state index contributed by atoms with van der Waals surface area (Å²) in [7, 11) is 0. The van der Waals surface area contributed by atoms with Crippen LogP contribution in [0.5, 0.6) is 5.75 Å². The van der Waals surface area contributed by atoms with Crippen molar-refractivity contribution in [1.82, 2.24) is 0 Å². The fourth-order valence-electron chi connectivity index (χ4n) is 0.945. The largest absolute Gasteiger partial charge is 0.505 e. The van der Waals surface area contributed by atoms with Gasteiger partial charge < -0.3 is 5.11 Å². The molecule has 1 rings (SSSR count). The lowest BCUT2D eigenvalue weighted by molar-refractivity contribution is 0.0983. The lowest BCUT2D eigenvalue weighted by atomic mass is 10.1. The number of carbonyl (C=O) groups is 1. The van der Waals surface area contributed by atoms with Gasteiger partial charge in [-0.05, 0) is 12.1 Å². The number of ketones is 1. The van der Waals surface area contributed by atoms with Crippen LogP contribution in [0.4, 0.5) is 8.78 Å². The van der Waals surface area contributed by atoms with Gasteiger partial charge in [-0.2, -0.15) is 4.39 Å². The van der Waals surface area contributed by atoms with Gasteiger partial charge in [0.2, 0.25) is 5.82 Å². The van der Waals surface area contributed by atoms with E-state index >= 15 is 0 Å². The molecule has 1 N–H and O–H groups in total. The van der Waals surface area contributed by atoms with Crippen LogP contribution in [0.1, 0.15) is 23.7 Å². The molecular weight excluding hydrogens is 178 g/mol. The Labute approximate surface area is 73.8 Å². The van der Waals surface area contributed by atoms with Gasteiger partial charge >= 0.3 is 0 Å². The molecule has 0 unspecified atom stereocenters. The number of phenolic OH excluding ortho intramolecular Hbond substituents is 1. The SMILES string of the molecule is CCC(=O)c1ccc(O)c(F)c1F. The molecule has 0 bridgehead atoms. The van der Waals surface area contributed by atoms with Crippen molar-refractivity contribution in [1.29, 1.82) is 0 Å². The highest BCUT2D eigenvalue weighted by Gasteiger charge is 2.16. The second-order valence-electron chi connectivity index (χ2n) is 2.54. The summed E-state index contributed by atoms with van der Waals surface area (Å²) in [6.45, 7) is 1.55. The summed E-state index contributed by atoms with van der Waals surface area (Å²) in [4.78, 5) is 11.0. The number of aromatic hydroxyl groups is 1. The summed E-state index contributed by atoms with van der Waals surface area (Å²) in [5.41, 5.74) is -0.321. The summed E-state index contributed by atoms with van der Waals surface area (Å²) in [5, 5.41) is 8.75. The zero-order valence-corrected chi connectivity index (χ0v) is 6.97. The number of benzene rings is 1. The molecule has 0 saturated heterocycles. The van der Waals surface area contributed by atoms with E-state index in [9.17, 15) is 13.6 Å². The third-order valence-electron chi connectivity index (χ3n) is 1.68. The number of carbonyl (C=O) groups excluding carboxylic acids is 1. The first-order valence-electron chi connectivity index (χ1n) is 3.78. The van der Waals surface area contributed by atoms with Gasteiger partial charge in [0.05, 0.1) is 5.56 Å². The van der Waals surface area contributed by atoms with Crippen molar-refractivity contribution in [2.45, 2.75) is 13.3 Å². The van der Waals surface area contributed by atoms with Gasteiger partial charge in [-0.25, -0.2) is 4.39 Å². The predicted molar refractivity (Wildman–Crippen MR) is 42.6 cm³/mol. The zero-order valence-electron chi connectivity index (χ0n) is 6.97. The zero-order chi connectivity index (χ0) is 10.0. The molecule has 0 aliphatic heterocycles. The predicted octanol–water partition coefficient (Wildman–Crippen LogP) is 2.26. The molecule has 0 heterocycles. The van der Waals surface area contributed by atoms with Crippen LogP contribution in [0, 0.1) is 11.6 Å². The molecule has 0 aliphatic carbocycles. The van der Waals surface area contributed by atoms with E-state index < -0.39 is 23.2 Å². The monoisotopic (exact) mass is 186 g/mol. The first-order valence-corrected chi connectivity index (χ1v) is 3.78. The third kappa shape index (κ3) is 1.66. The van der Waals surface area contributed by atoms with Gasteiger partial charge in [0.1, 0.15) is 0 Å². The summed E-state index contributed by atoms with van der Waals surface area (Å²) in [5.74, 6) is -3.94. The average molecular weight is 186 g/mol. The van der Waals surface area contributed by atoms with Gasteiger partial charge in [-0.15, -0.1) is 0 Å². The summed E-state index contributed by atoms with van der Waals surface area (Å²) in [6.07, 6.45) is 0.0983. The molecule has 70 valence electrons. The number of rotatable bonds is 2. The van der Waals surface area contributed by atoms with E-state index in [2.05, 4.69) is 0 Å². The average Bonchev–Trinajstić information content (AvgIpc) is 2.13. The van der Waals surface area contributed by atoms with E-state index in [1.165, 1.54) is 0 Å². The smallest absolute Gasteiger partial charge is 0.201 e. The second kappa shape index (κ2) is 3.51. The van der Waals surface area contributed by atoms with Crippen molar-refractivity contribution in [3.05, 3.63) is 29.3 Å². The minimum atomic E-state index is -1.38. The van der Waals surface area contributed by atoms with E-state index in [0.717, 1.165) is 12.1 Å². The van der Waals surface area contributed by atoms with Crippen molar-refractivity contribution < 1.29 is 18.7 Å². The molecule has 0 radical (unpaired) electrons. The van der Waals surface area contributed by atoms with Gasteiger partial charge in [0, 0.05) is 6.42 Å². The van der Waals surface area contributed by atoms with E-state index in [-0.39, 0.29) is 12.0 Å². The Hall–Kier alpha value is -1.45. The summed E-state index contributed by atoms with van der Waals surface area (Å²) >= 11 is 0. The highest BCUT2D eigenvalue weighted by atomic mass is 19.2. The number of phenols is 1. The lowest BCUT2D eigenvalue weighted by Crippen LogP contribution is -2.02. The van der Waals surface area contributed by atoms with Crippen molar-refractivity contribution in [2.24, 2.45) is 0 Å². The van der Waals surface area contributed by atoms with Gasteiger partial charge in [0.25, 0.3) is 0 Å². The van der Waals surface area contributed by atoms with Crippen LogP contribution in [-0.4, -0.2) is 10.9 Å². The highest BCUT2D eigenvalue weighted by Crippen LogP contribution is 2.21. The molecule has 0 saturated carbocycles. The minimum absolute atomic E-state index is 0.0983. The van der Waals surface area contributed by atoms with Crippen LogP contribution in [0.3, 0.4) is 0 Å². The minimum Gasteiger partial charge on any atom is -0.505 e. The highest BCUT2D eigenvalue weighted by molar-refractivity contribution is 5.96. The van der Waals surface area contributed by atoms with Crippen LogP contribution < -0.4 is 0 Å². The maximum atomic E-state index is 12.9. The first kappa shape index (κ1) is 9.64. The van der Waals surface area contributed by atoms with E-state index in [1.807, 2.05) is 0 Å². The summed E-state index contributed by atoms with van der Waals surface area (Å²) < 4.78 is 25.7. The Morgan fingerprint density at radius 2 is 2.00 bits per heavy atom. The van der Waals surface area contributed by atoms with E-state index in [4.69, 9.17) is 5.11 Å². The number of halogens is 2. The Morgan fingerprint density at radius 1 is 1.38 bits per heavy atom. The van der Waals surface area contributed by atoms with E-state index in [0.29, 0.717) is 0 Å². The molecule has 4 heteroatoms. The number of hydrogen-bond acceptors (Lipinski definition) is 2. The van der Waals surface area contributed by atoms with Crippen molar-refractivity contribution in [3.8, 4) is 5.75 Å². The fourth-order valence-corrected chi connectivity index (χ4v) is 0.945. The molecule has 0 aliphatic rings. The van der Waals surface area contributed by atoms with Crippen LogP contribution in [0.25, 0.3) is 0 Å². The maximum Gasteiger partial charge on any atom is 0.201 e. The third-order valence-corrected chi connectivity index (χ3v) is 1.68. The Bertz CT molecular complexity index is 348. The second-order valence-corrected chi connectivity index (χ2v) is 2.54. The van der Waals surface area contributed by atoms with Crippen molar-refractivity contribution in [2.75, 3.05) is 0 Å². The van der Waals surface area contributed by atoms with E-state index in [1.54, 1.807) is 6.92 Å².